The van der Waals surface area contributed by atoms with Crippen LogP contribution in [-0.2, 0) is 10.9 Å². The predicted octanol–water partition coefficient (Wildman–Crippen LogP) is 5.66. The minimum atomic E-state index is -4.41. The summed E-state index contributed by atoms with van der Waals surface area (Å²) in [6, 6.07) is 12.3. The van der Waals surface area contributed by atoms with E-state index >= 15 is 0 Å². The summed E-state index contributed by atoms with van der Waals surface area (Å²) in [5.41, 5.74) is 0.282. The van der Waals surface area contributed by atoms with Gasteiger partial charge in [-0.15, -0.1) is 0 Å². The fraction of sp³-hybridized carbons (Fsp3) is 0.278. The Balaban J connectivity index is 1.95. The topological polar surface area (TPSA) is 24.8 Å². The quantitative estimate of drug-likeness (QED) is 0.698. The van der Waals surface area contributed by atoms with Gasteiger partial charge in [0.2, 0.25) is 0 Å². The average molecular weight is 369 g/mol. The van der Waals surface area contributed by atoms with Gasteiger partial charge in [-0.05, 0) is 48.9 Å². The van der Waals surface area contributed by atoms with Crippen molar-refractivity contribution in [3.8, 4) is 0 Å². The first-order valence-electron chi connectivity index (χ1n) is 7.82. The van der Waals surface area contributed by atoms with Crippen molar-refractivity contribution in [3.05, 3.63) is 59.1 Å². The summed E-state index contributed by atoms with van der Waals surface area (Å²) < 4.78 is 44.4. The van der Waals surface area contributed by atoms with E-state index in [1.54, 1.807) is 12.1 Å². The largest absolute Gasteiger partial charge is 0.459 e. The summed E-state index contributed by atoms with van der Waals surface area (Å²) in [4.78, 5) is 6.14. The Bertz CT molecular complexity index is 775. The van der Waals surface area contributed by atoms with E-state index in [2.05, 4.69) is 4.99 Å². The number of anilines is 1. The summed E-state index contributed by atoms with van der Waals surface area (Å²) in [7, 11) is 0. The van der Waals surface area contributed by atoms with E-state index in [1.165, 1.54) is 12.1 Å². The van der Waals surface area contributed by atoms with Gasteiger partial charge in [0.25, 0.3) is 6.02 Å². The van der Waals surface area contributed by atoms with Crippen LogP contribution in [0.5, 0.6) is 0 Å². The highest BCUT2D eigenvalue weighted by Gasteiger charge is 2.32. The molecular weight excluding hydrogens is 353 g/mol. The van der Waals surface area contributed by atoms with Crippen molar-refractivity contribution in [2.45, 2.75) is 25.6 Å². The molecule has 1 fully saturated rings. The Kier molecular flexibility index (Phi) is 4.90. The van der Waals surface area contributed by atoms with Gasteiger partial charge in [-0.1, -0.05) is 24.6 Å². The third kappa shape index (κ3) is 4.07. The van der Waals surface area contributed by atoms with Gasteiger partial charge >= 0.3 is 6.18 Å². The summed E-state index contributed by atoms with van der Waals surface area (Å²) >= 11 is 5.91. The number of benzene rings is 2. The first-order chi connectivity index (χ1) is 11.9. The van der Waals surface area contributed by atoms with Gasteiger partial charge in [-0.2, -0.15) is 18.2 Å². The summed E-state index contributed by atoms with van der Waals surface area (Å²) in [6.07, 6.45) is -3.71. The zero-order valence-corrected chi connectivity index (χ0v) is 14.2. The third-order valence-corrected chi connectivity index (χ3v) is 4.13. The van der Waals surface area contributed by atoms with Gasteiger partial charge in [-0.3, -0.25) is 4.90 Å². The van der Waals surface area contributed by atoms with E-state index in [0.29, 0.717) is 11.6 Å². The van der Waals surface area contributed by atoms with Crippen LogP contribution in [-0.4, -0.2) is 18.7 Å². The zero-order valence-electron chi connectivity index (χ0n) is 13.4. The number of halogens is 4. The van der Waals surface area contributed by atoms with E-state index in [4.69, 9.17) is 16.3 Å². The molecule has 1 aliphatic rings. The summed E-state index contributed by atoms with van der Waals surface area (Å²) in [5.74, 6) is 0. The maximum atomic E-state index is 12.9. The highest BCUT2D eigenvalue weighted by molar-refractivity contribution is 6.30. The molecular formula is C18H16ClF3N2O. The van der Waals surface area contributed by atoms with Crippen LogP contribution in [0.3, 0.4) is 0 Å². The second-order valence-electron chi connectivity index (χ2n) is 5.68. The minimum Gasteiger partial charge on any atom is -0.459 e. The molecule has 7 heteroatoms. The number of rotatable bonds is 3. The Labute approximate surface area is 148 Å². The van der Waals surface area contributed by atoms with Gasteiger partial charge < -0.3 is 4.74 Å². The van der Waals surface area contributed by atoms with Crippen LogP contribution in [0.1, 0.15) is 18.9 Å². The molecule has 0 amide bonds. The predicted molar refractivity (Wildman–Crippen MR) is 92.5 cm³/mol. The molecule has 0 spiro atoms. The number of hydrogen-bond acceptors (Lipinski definition) is 2. The zero-order chi connectivity index (χ0) is 18.0. The molecule has 1 atom stereocenters. The molecule has 1 unspecified atom stereocenters. The highest BCUT2D eigenvalue weighted by Crippen LogP contribution is 2.32. The first kappa shape index (κ1) is 17.6. The molecule has 25 heavy (non-hydrogen) atoms. The molecule has 0 saturated carbocycles. The van der Waals surface area contributed by atoms with Crippen molar-refractivity contribution in [2.75, 3.05) is 11.4 Å². The smallest absolute Gasteiger partial charge is 0.416 e. The number of nitrogens with zero attached hydrogens (tertiary/aromatic N) is 2. The van der Waals surface area contributed by atoms with Gasteiger partial charge in [0.15, 0.2) is 0 Å². The van der Waals surface area contributed by atoms with Gasteiger partial charge in [0.1, 0.15) is 6.10 Å². The van der Waals surface area contributed by atoms with Crippen LogP contribution in [0.25, 0.3) is 0 Å². The van der Waals surface area contributed by atoms with E-state index < -0.39 is 11.7 Å². The third-order valence-electron chi connectivity index (χ3n) is 3.88. The lowest BCUT2D eigenvalue weighted by molar-refractivity contribution is -0.137. The standard InChI is InChI=1S/C18H16ClF3N2O/c1-2-16-11-24(15-8-6-13(19)7-9-15)17(25-16)23-14-5-3-4-12(10-14)18(20,21)22/h3-10,16H,2,11H2,1H3. The molecule has 1 saturated heterocycles. The van der Waals surface area contributed by atoms with Crippen molar-refractivity contribution in [1.29, 1.82) is 0 Å². The maximum absolute atomic E-state index is 12.9. The van der Waals surface area contributed by atoms with E-state index in [-0.39, 0.29) is 17.8 Å². The number of alkyl halides is 3. The summed E-state index contributed by atoms with van der Waals surface area (Å²) in [6.45, 7) is 2.56. The molecule has 1 aliphatic heterocycles. The second-order valence-corrected chi connectivity index (χ2v) is 6.11. The van der Waals surface area contributed by atoms with Crippen molar-refractivity contribution < 1.29 is 17.9 Å². The fourth-order valence-electron chi connectivity index (χ4n) is 2.53. The molecule has 0 aromatic heterocycles. The molecule has 0 N–H and O–H groups in total. The molecule has 1 heterocycles. The lowest BCUT2D eigenvalue weighted by atomic mass is 10.2. The Morgan fingerprint density at radius 3 is 2.56 bits per heavy atom. The molecule has 2 aromatic carbocycles. The molecule has 0 aliphatic carbocycles. The van der Waals surface area contributed by atoms with Crippen molar-refractivity contribution in [2.24, 2.45) is 4.99 Å². The van der Waals surface area contributed by atoms with Crippen LogP contribution < -0.4 is 4.90 Å². The molecule has 2 aromatic rings. The van der Waals surface area contributed by atoms with Crippen LogP contribution in [0.4, 0.5) is 24.5 Å². The van der Waals surface area contributed by atoms with E-state index in [9.17, 15) is 13.2 Å². The van der Waals surface area contributed by atoms with Gasteiger partial charge in [-0.25, -0.2) is 0 Å². The SMILES string of the molecule is CCC1CN(c2ccc(Cl)cc2)C(=Nc2cccc(C(F)(F)F)c2)O1. The Hall–Kier alpha value is -2.21. The number of hydrogen-bond donors (Lipinski definition) is 0. The lowest BCUT2D eigenvalue weighted by Gasteiger charge is -2.16. The molecule has 0 radical (unpaired) electrons. The first-order valence-corrected chi connectivity index (χ1v) is 8.20. The van der Waals surface area contributed by atoms with Crippen LogP contribution >= 0.6 is 11.6 Å². The van der Waals surface area contributed by atoms with Gasteiger partial charge in [0.05, 0.1) is 17.8 Å². The maximum Gasteiger partial charge on any atom is 0.416 e. The average Bonchev–Trinajstić information content (AvgIpc) is 2.98. The Morgan fingerprint density at radius 2 is 1.92 bits per heavy atom. The van der Waals surface area contributed by atoms with Crippen LogP contribution in [0.15, 0.2) is 53.5 Å². The van der Waals surface area contributed by atoms with Crippen LogP contribution in [0.2, 0.25) is 5.02 Å². The Morgan fingerprint density at radius 1 is 1.20 bits per heavy atom. The number of amidine groups is 1. The minimum absolute atomic E-state index is 0.0692. The second kappa shape index (κ2) is 6.96. The fourth-order valence-corrected chi connectivity index (χ4v) is 2.66. The molecule has 0 bridgehead atoms. The monoisotopic (exact) mass is 368 g/mol. The normalized spacial score (nSPS) is 19.3. The van der Waals surface area contributed by atoms with E-state index in [0.717, 1.165) is 24.2 Å². The molecule has 132 valence electrons. The van der Waals surface area contributed by atoms with Crippen molar-refractivity contribution in [1.82, 2.24) is 0 Å². The number of ether oxygens (including phenoxy) is 1. The summed E-state index contributed by atoms with van der Waals surface area (Å²) in [5, 5.41) is 0.604. The van der Waals surface area contributed by atoms with Crippen molar-refractivity contribution in [3.63, 3.8) is 0 Å². The van der Waals surface area contributed by atoms with Crippen molar-refractivity contribution >= 4 is 29.0 Å². The molecule has 3 rings (SSSR count). The van der Waals surface area contributed by atoms with E-state index in [1.807, 2.05) is 24.0 Å². The van der Waals surface area contributed by atoms with Crippen LogP contribution in [0, 0.1) is 0 Å². The molecule has 3 nitrogen and oxygen atoms in total. The highest BCUT2D eigenvalue weighted by atomic mass is 35.5. The lowest BCUT2D eigenvalue weighted by Crippen LogP contribution is -2.25. The van der Waals surface area contributed by atoms with Gasteiger partial charge in [0, 0.05) is 10.7 Å². The number of aliphatic imine (C=N–C) groups is 1.